The van der Waals surface area contributed by atoms with Crippen molar-refractivity contribution >= 4 is 5.78 Å². The maximum atomic E-state index is 12.5. The summed E-state index contributed by atoms with van der Waals surface area (Å²) < 4.78 is 15.7. The van der Waals surface area contributed by atoms with E-state index >= 15 is 0 Å². The van der Waals surface area contributed by atoms with Crippen LogP contribution in [0.1, 0.15) is 15.9 Å². The fraction of sp³-hybridized carbons (Fsp3) is 0.316. The molecule has 0 aliphatic carbocycles. The third-order valence-corrected chi connectivity index (χ3v) is 4.18. The Labute approximate surface area is 150 Å². The maximum Gasteiger partial charge on any atom is 0.228 e. The minimum absolute atomic E-state index is 0.142. The summed E-state index contributed by atoms with van der Waals surface area (Å²) in [6.45, 7) is -0.142. The molecule has 1 fully saturated rings. The summed E-state index contributed by atoms with van der Waals surface area (Å²) in [4.78, 5) is 12.5. The standard InChI is InChI=1S/C19H20O7/c1-24-13-6-2-11(3-7-13)16(21)12-4-8-14(9-5-12)26-19-18(23)17(22)15(20)10-25-19/h2-9,15,17-20,22-23H,10H2,1H3/t15-,17+,18-,19+/m1/s1. The Morgan fingerprint density at radius 1 is 0.923 bits per heavy atom. The highest BCUT2D eigenvalue weighted by Gasteiger charge is 2.38. The molecule has 0 saturated carbocycles. The predicted octanol–water partition coefficient (Wildman–Crippen LogP) is 0.744. The molecule has 0 spiro atoms. The second kappa shape index (κ2) is 7.84. The topological polar surface area (TPSA) is 105 Å². The van der Waals surface area contributed by atoms with Crippen molar-refractivity contribution in [2.24, 2.45) is 0 Å². The van der Waals surface area contributed by atoms with E-state index in [9.17, 15) is 20.1 Å². The normalized spacial score (nSPS) is 25.5. The number of benzene rings is 2. The lowest BCUT2D eigenvalue weighted by Gasteiger charge is -2.34. The summed E-state index contributed by atoms with van der Waals surface area (Å²) in [6, 6.07) is 13.1. The van der Waals surface area contributed by atoms with Crippen LogP contribution in [0.2, 0.25) is 0 Å². The Hall–Kier alpha value is -2.45. The highest BCUT2D eigenvalue weighted by atomic mass is 16.7. The molecule has 4 atom stereocenters. The van der Waals surface area contributed by atoms with Crippen LogP contribution in [0.25, 0.3) is 0 Å². The molecule has 1 saturated heterocycles. The monoisotopic (exact) mass is 360 g/mol. The van der Waals surface area contributed by atoms with Gasteiger partial charge in [-0.05, 0) is 48.5 Å². The number of ether oxygens (including phenoxy) is 3. The Morgan fingerprint density at radius 3 is 2.00 bits per heavy atom. The third-order valence-electron chi connectivity index (χ3n) is 4.18. The first-order chi connectivity index (χ1) is 12.5. The van der Waals surface area contributed by atoms with Gasteiger partial charge in [-0.3, -0.25) is 4.79 Å². The Bertz CT molecular complexity index is 741. The van der Waals surface area contributed by atoms with Gasteiger partial charge in [0.25, 0.3) is 0 Å². The molecule has 1 aliphatic rings. The van der Waals surface area contributed by atoms with Crippen LogP contribution in [0, 0.1) is 0 Å². The second-order valence-corrected chi connectivity index (χ2v) is 5.95. The molecule has 3 N–H and O–H groups in total. The van der Waals surface area contributed by atoms with Crippen molar-refractivity contribution in [1.82, 2.24) is 0 Å². The zero-order valence-corrected chi connectivity index (χ0v) is 14.1. The van der Waals surface area contributed by atoms with Crippen LogP contribution in [0.15, 0.2) is 48.5 Å². The van der Waals surface area contributed by atoms with Crippen molar-refractivity contribution in [3.8, 4) is 11.5 Å². The van der Waals surface area contributed by atoms with Crippen molar-refractivity contribution < 1.29 is 34.3 Å². The molecular formula is C19H20O7. The number of carbonyl (C=O) groups is 1. The minimum Gasteiger partial charge on any atom is -0.497 e. The molecule has 0 unspecified atom stereocenters. The number of carbonyl (C=O) groups excluding carboxylic acids is 1. The molecule has 26 heavy (non-hydrogen) atoms. The first-order valence-electron chi connectivity index (χ1n) is 8.11. The zero-order chi connectivity index (χ0) is 18.7. The van der Waals surface area contributed by atoms with Crippen molar-refractivity contribution in [3.63, 3.8) is 0 Å². The summed E-state index contributed by atoms with van der Waals surface area (Å²) in [7, 11) is 1.56. The van der Waals surface area contributed by atoms with Crippen molar-refractivity contribution in [2.75, 3.05) is 13.7 Å². The molecular weight excluding hydrogens is 340 g/mol. The molecule has 138 valence electrons. The van der Waals surface area contributed by atoms with Crippen molar-refractivity contribution in [1.29, 1.82) is 0 Å². The first-order valence-corrected chi connectivity index (χ1v) is 8.11. The lowest BCUT2D eigenvalue weighted by molar-refractivity contribution is -0.242. The van der Waals surface area contributed by atoms with Gasteiger partial charge in [-0.2, -0.15) is 0 Å². The van der Waals surface area contributed by atoms with Gasteiger partial charge < -0.3 is 29.5 Å². The number of aliphatic hydroxyl groups is 3. The molecule has 1 aliphatic heterocycles. The highest BCUT2D eigenvalue weighted by Crippen LogP contribution is 2.22. The Kier molecular flexibility index (Phi) is 5.53. The number of methoxy groups -OCH3 is 1. The van der Waals surface area contributed by atoms with Crippen LogP contribution in [-0.2, 0) is 4.74 Å². The lowest BCUT2D eigenvalue weighted by atomic mass is 10.0. The van der Waals surface area contributed by atoms with E-state index < -0.39 is 24.6 Å². The number of rotatable bonds is 5. The second-order valence-electron chi connectivity index (χ2n) is 5.95. The van der Waals surface area contributed by atoms with Crippen LogP contribution in [0.3, 0.4) is 0 Å². The van der Waals surface area contributed by atoms with E-state index in [1.165, 1.54) is 0 Å². The fourth-order valence-corrected chi connectivity index (χ4v) is 2.61. The zero-order valence-electron chi connectivity index (χ0n) is 14.1. The first kappa shape index (κ1) is 18.3. The number of hydrogen-bond acceptors (Lipinski definition) is 7. The summed E-state index contributed by atoms with van der Waals surface area (Å²) in [5, 5.41) is 29.0. The van der Waals surface area contributed by atoms with Gasteiger partial charge in [0.2, 0.25) is 6.29 Å². The molecule has 7 heteroatoms. The quantitative estimate of drug-likeness (QED) is 0.676. The van der Waals surface area contributed by atoms with E-state index in [1.54, 1.807) is 55.6 Å². The highest BCUT2D eigenvalue weighted by molar-refractivity contribution is 6.09. The van der Waals surface area contributed by atoms with Gasteiger partial charge in [-0.1, -0.05) is 0 Å². The van der Waals surface area contributed by atoms with Gasteiger partial charge in [-0.25, -0.2) is 0 Å². The van der Waals surface area contributed by atoms with Gasteiger partial charge in [-0.15, -0.1) is 0 Å². The van der Waals surface area contributed by atoms with E-state index in [-0.39, 0.29) is 12.4 Å². The number of ketones is 1. The molecule has 1 heterocycles. The molecule has 0 radical (unpaired) electrons. The van der Waals surface area contributed by atoms with Crippen LogP contribution < -0.4 is 9.47 Å². The summed E-state index contributed by atoms with van der Waals surface area (Å²) >= 11 is 0. The summed E-state index contributed by atoms with van der Waals surface area (Å²) in [6.07, 6.45) is -4.98. The maximum absolute atomic E-state index is 12.5. The minimum atomic E-state index is -1.38. The largest absolute Gasteiger partial charge is 0.497 e. The van der Waals surface area contributed by atoms with Crippen LogP contribution in [0.5, 0.6) is 11.5 Å². The molecule has 3 rings (SSSR count). The smallest absolute Gasteiger partial charge is 0.228 e. The Morgan fingerprint density at radius 2 is 1.46 bits per heavy atom. The molecule has 7 nitrogen and oxygen atoms in total. The van der Waals surface area contributed by atoms with Gasteiger partial charge in [0.15, 0.2) is 5.78 Å². The van der Waals surface area contributed by atoms with Gasteiger partial charge in [0.1, 0.15) is 29.8 Å². The molecule has 0 amide bonds. The Balaban J connectivity index is 1.67. The fourth-order valence-electron chi connectivity index (χ4n) is 2.61. The summed E-state index contributed by atoms with van der Waals surface area (Å²) in [5.41, 5.74) is 1.01. The van der Waals surface area contributed by atoms with Crippen LogP contribution in [0.4, 0.5) is 0 Å². The molecule has 0 aromatic heterocycles. The molecule has 0 bridgehead atoms. The average molecular weight is 360 g/mol. The van der Waals surface area contributed by atoms with Crippen LogP contribution >= 0.6 is 0 Å². The van der Waals surface area contributed by atoms with E-state index in [2.05, 4.69) is 0 Å². The van der Waals surface area contributed by atoms with Gasteiger partial charge in [0.05, 0.1) is 13.7 Å². The van der Waals surface area contributed by atoms with Crippen molar-refractivity contribution in [2.45, 2.75) is 24.6 Å². The van der Waals surface area contributed by atoms with E-state index in [1.807, 2.05) is 0 Å². The molecule has 2 aromatic rings. The number of aliphatic hydroxyl groups excluding tert-OH is 3. The predicted molar refractivity (Wildman–Crippen MR) is 91.3 cm³/mol. The van der Waals surface area contributed by atoms with Gasteiger partial charge in [0, 0.05) is 11.1 Å². The van der Waals surface area contributed by atoms with E-state index in [4.69, 9.17) is 14.2 Å². The SMILES string of the molecule is COc1ccc(C(=O)c2ccc(O[C@@H]3OC[C@@H](O)[C@H](O)[C@H]3O)cc2)cc1. The summed E-state index contributed by atoms with van der Waals surface area (Å²) in [5.74, 6) is 0.888. The van der Waals surface area contributed by atoms with E-state index in [0.29, 0.717) is 22.6 Å². The van der Waals surface area contributed by atoms with Crippen molar-refractivity contribution in [3.05, 3.63) is 59.7 Å². The lowest BCUT2D eigenvalue weighted by Crippen LogP contribution is -2.54. The third kappa shape index (κ3) is 3.86. The average Bonchev–Trinajstić information content (AvgIpc) is 2.68. The number of hydrogen-bond donors (Lipinski definition) is 3. The van der Waals surface area contributed by atoms with Crippen LogP contribution in [-0.4, -0.2) is 59.4 Å². The van der Waals surface area contributed by atoms with E-state index in [0.717, 1.165) is 0 Å². The van der Waals surface area contributed by atoms with Gasteiger partial charge >= 0.3 is 0 Å². The molecule has 2 aromatic carbocycles.